The van der Waals surface area contributed by atoms with Crippen LogP contribution in [0.1, 0.15) is 0 Å². The smallest absolute Gasteiger partial charge is 0.348 e. The first-order valence-electron chi connectivity index (χ1n) is 10.9. The monoisotopic (exact) mass is 442 g/mol. The third kappa shape index (κ3) is 3.78. The molecule has 5 aromatic rings. The Kier molecular flexibility index (Phi) is 5.23. The maximum Gasteiger partial charge on any atom is 0.348 e. The van der Waals surface area contributed by atoms with E-state index in [4.69, 9.17) is 13.9 Å². The predicted molar refractivity (Wildman–Crippen MR) is 135 cm³/mol. The van der Waals surface area contributed by atoms with Gasteiger partial charge in [-0.05, 0) is 39.7 Å². The van der Waals surface area contributed by atoms with Gasteiger partial charge in [0.2, 0.25) is 0 Å². The van der Waals surface area contributed by atoms with E-state index in [2.05, 4.69) is 31.8 Å². The highest BCUT2D eigenvalue weighted by molar-refractivity contribution is 6.76. The minimum absolute atomic E-state index is 0.102. The standard InChI is InChI=1S/C27H26O4Si/c1-32(2,3)15-14-29-17-30-23-16-19-9-5-7-11-21(19)25-24-20-10-6-4-8-18(20)12-13-22(24)31-27(28)26(23)25/h4-13,16H,14-15,17H2,1-3H3. The summed E-state index contributed by atoms with van der Waals surface area (Å²) < 4.78 is 17.5. The predicted octanol–water partition coefficient (Wildman–Crippen LogP) is 6.94. The summed E-state index contributed by atoms with van der Waals surface area (Å²) in [5.74, 6) is 0.496. The number of benzene rings is 4. The lowest BCUT2D eigenvalue weighted by atomic mass is 9.96. The van der Waals surface area contributed by atoms with Crippen LogP contribution in [0.4, 0.5) is 0 Å². The molecule has 0 N–H and O–H groups in total. The molecule has 0 radical (unpaired) electrons. The van der Waals surface area contributed by atoms with E-state index in [1.54, 1.807) is 0 Å². The molecule has 4 nitrogen and oxygen atoms in total. The van der Waals surface area contributed by atoms with Crippen molar-refractivity contribution in [3.63, 3.8) is 0 Å². The number of hydrogen-bond donors (Lipinski definition) is 0. The molecular formula is C27H26O4Si. The lowest BCUT2D eigenvalue weighted by Gasteiger charge is -2.16. The molecule has 0 amide bonds. The fourth-order valence-electron chi connectivity index (χ4n) is 4.19. The van der Waals surface area contributed by atoms with Gasteiger partial charge >= 0.3 is 5.63 Å². The van der Waals surface area contributed by atoms with Crippen molar-refractivity contribution in [3.05, 3.63) is 77.2 Å². The Morgan fingerprint density at radius 1 is 0.812 bits per heavy atom. The summed E-state index contributed by atoms with van der Waals surface area (Å²) in [6.07, 6.45) is 0. The quantitative estimate of drug-likeness (QED) is 0.0939. The molecule has 0 unspecified atom stereocenters. The Morgan fingerprint density at radius 2 is 1.50 bits per heavy atom. The summed E-state index contributed by atoms with van der Waals surface area (Å²) >= 11 is 0. The second-order valence-electron chi connectivity index (χ2n) is 9.38. The summed E-state index contributed by atoms with van der Waals surface area (Å²) in [6, 6.07) is 23.1. The minimum atomic E-state index is -1.18. The number of hydrogen-bond acceptors (Lipinski definition) is 4. The Labute approximate surface area is 187 Å². The van der Waals surface area contributed by atoms with Crippen molar-refractivity contribution in [1.82, 2.24) is 0 Å². The molecule has 0 bridgehead atoms. The second-order valence-corrected chi connectivity index (χ2v) is 15.0. The Balaban J connectivity index is 1.72. The fraction of sp³-hybridized carbons (Fsp3) is 0.222. The van der Waals surface area contributed by atoms with E-state index in [0.29, 0.717) is 23.3 Å². The maximum atomic E-state index is 13.1. The summed E-state index contributed by atoms with van der Waals surface area (Å²) in [7, 11) is -1.18. The van der Waals surface area contributed by atoms with E-state index in [0.717, 1.165) is 38.4 Å². The van der Waals surface area contributed by atoms with E-state index in [-0.39, 0.29) is 6.79 Å². The molecular weight excluding hydrogens is 416 g/mol. The largest absolute Gasteiger partial charge is 0.467 e. The molecule has 1 heterocycles. The molecule has 0 fully saturated rings. The van der Waals surface area contributed by atoms with Gasteiger partial charge in [-0.2, -0.15) is 0 Å². The average Bonchev–Trinajstić information content (AvgIpc) is 2.77. The molecule has 1 aromatic heterocycles. The van der Waals surface area contributed by atoms with E-state index < -0.39 is 13.7 Å². The summed E-state index contributed by atoms with van der Waals surface area (Å²) in [5, 5.41) is 6.41. The molecule has 0 aliphatic rings. The molecule has 0 saturated carbocycles. The molecule has 4 aromatic carbocycles. The van der Waals surface area contributed by atoms with Gasteiger partial charge in [0.05, 0.1) is 0 Å². The van der Waals surface area contributed by atoms with Gasteiger partial charge in [-0.15, -0.1) is 0 Å². The van der Waals surface area contributed by atoms with E-state index in [1.165, 1.54) is 0 Å². The van der Waals surface area contributed by atoms with E-state index in [1.807, 2.05) is 54.6 Å². The van der Waals surface area contributed by atoms with Crippen molar-refractivity contribution >= 4 is 51.4 Å². The van der Waals surface area contributed by atoms with Crippen LogP contribution in [0.15, 0.2) is 75.9 Å². The average molecular weight is 443 g/mol. The third-order valence-electron chi connectivity index (χ3n) is 5.85. The summed E-state index contributed by atoms with van der Waals surface area (Å²) in [4.78, 5) is 13.1. The van der Waals surface area contributed by atoms with Gasteiger partial charge < -0.3 is 13.9 Å². The molecule has 32 heavy (non-hydrogen) atoms. The second kappa shape index (κ2) is 8.08. The molecule has 0 atom stereocenters. The number of fused-ring (bicyclic) bond motifs is 7. The van der Waals surface area contributed by atoms with Gasteiger partial charge in [0.15, 0.2) is 6.79 Å². The zero-order valence-electron chi connectivity index (χ0n) is 18.6. The molecule has 5 rings (SSSR count). The van der Waals surface area contributed by atoms with Crippen LogP contribution in [-0.4, -0.2) is 21.5 Å². The first-order chi connectivity index (χ1) is 15.4. The van der Waals surface area contributed by atoms with Gasteiger partial charge in [0.25, 0.3) is 0 Å². The Hall–Kier alpha value is -3.15. The first kappa shape index (κ1) is 20.7. The molecule has 162 valence electrons. The zero-order chi connectivity index (χ0) is 22.3. The van der Waals surface area contributed by atoms with Crippen LogP contribution in [0.25, 0.3) is 43.3 Å². The molecule has 0 spiro atoms. The number of ether oxygens (including phenoxy) is 2. The van der Waals surface area contributed by atoms with Gasteiger partial charge in [-0.25, -0.2) is 4.79 Å². The fourth-order valence-corrected chi connectivity index (χ4v) is 4.94. The van der Waals surface area contributed by atoms with Crippen LogP contribution in [0, 0.1) is 0 Å². The van der Waals surface area contributed by atoms with E-state index in [9.17, 15) is 4.79 Å². The third-order valence-corrected chi connectivity index (χ3v) is 7.56. The SMILES string of the molecule is C[Si](C)(C)CCOCOc1cc2ccccc2c2c1c(=O)oc1ccc3ccccc3c12. The Bertz CT molecular complexity index is 1510. The first-order valence-corrected chi connectivity index (χ1v) is 14.6. The van der Waals surface area contributed by atoms with Gasteiger partial charge in [0, 0.05) is 25.5 Å². The van der Waals surface area contributed by atoms with Crippen LogP contribution in [0.3, 0.4) is 0 Å². The van der Waals surface area contributed by atoms with Gasteiger partial charge in [0.1, 0.15) is 16.7 Å². The maximum absolute atomic E-state index is 13.1. The highest BCUT2D eigenvalue weighted by Gasteiger charge is 2.18. The summed E-state index contributed by atoms with van der Waals surface area (Å²) in [6.45, 7) is 7.70. The van der Waals surface area contributed by atoms with Crippen molar-refractivity contribution in [2.75, 3.05) is 13.4 Å². The molecule has 0 saturated heterocycles. The summed E-state index contributed by atoms with van der Waals surface area (Å²) in [5.41, 5.74) is 0.181. The molecule has 0 aliphatic carbocycles. The van der Waals surface area contributed by atoms with Crippen LogP contribution >= 0.6 is 0 Å². The molecule has 5 heteroatoms. The van der Waals surface area contributed by atoms with Crippen molar-refractivity contribution in [2.45, 2.75) is 25.7 Å². The normalized spacial score (nSPS) is 12.2. The van der Waals surface area contributed by atoms with Gasteiger partial charge in [-0.3, -0.25) is 0 Å². The van der Waals surface area contributed by atoms with Crippen LogP contribution in [-0.2, 0) is 4.74 Å². The molecule has 0 aliphatic heterocycles. The van der Waals surface area contributed by atoms with Crippen LogP contribution in [0.5, 0.6) is 5.75 Å². The topological polar surface area (TPSA) is 48.7 Å². The van der Waals surface area contributed by atoms with Crippen LogP contribution in [0.2, 0.25) is 25.7 Å². The zero-order valence-corrected chi connectivity index (χ0v) is 19.6. The lowest BCUT2D eigenvalue weighted by Crippen LogP contribution is -2.22. The lowest BCUT2D eigenvalue weighted by molar-refractivity contribution is 0.0230. The highest BCUT2D eigenvalue weighted by Crippen LogP contribution is 2.38. The highest BCUT2D eigenvalue weighted by atomic mass is 28.3. The van der Waals surface area contributed by atoms with Crippen molar-refractivity contribution < 1.29 is 13.9 Å². The minimum Gasteiger partial charge on any atom is -0.467 e. The van der Waals surface area contributed by atoms with Crippen molar-refractivity contribution in [2.24, 2.45) is 0 Å². The van der Waals surface area contributed by atoms with Crippen molar-refractivity contribution in [1.29, 1.82) is 0 Å². The van der Waals surface area contributed by atoms with Crippen molar-refractivity contribution in [3.8, 4) is 5.75 Å². The Morgan fingerprint density at radius 3 is 2.25 bits per heavy atom. The van der Waals surface area contributed by atoms with E-state index >= 15 is 0 Å². The number of rotatable bonds is 6. The van der Waals surface area contributed by atoms with Crippen LogP contribution < -0.4 is 10.4 Å². The van der Waals surface area contributed by atoms with Gasteiger partial charge in [-0.1, -0.05) is 74.2 Å².